The molecule has 0 aliphatic heterocycles. The van der Waals surface area contributed by atoms with E-state index in [9.17, 15) is 22.8 Å². The highest BCUT2D eigenvalue weighted by Gasteiger charge is 2.30. The van der Waals surface area contributed by atoms with Gasteiger partial charge in [0.2, 0.25) is 0 Å². The predicted molar refractivity (Wildman–Crippen MR) is 94.1 cm³/mol. The van der Waals surface area contributed by atoms with Crippen molar-refractivity contribution in [3.63, 3.8) is 0 Å². The molecule has 0 aliphatic rings. The number of halogens is 3. The number of esters is 1. The first kappa shape index (κ1) is 20.0. The van der Waals surface area contributed by atoms with Crippen molar-refractivity contribution < 1.29 is 27.5 Å². The van der Waals surface area contributed by atoms with Crippen molar-refractivity contribution in [3.05, 3.63) is 66.0 Å². The molecule has 1 N–H and O–H groups in total. The summed E-state index contributed by atoms with van der Waals surface area (Å²) >= 11 is 0. The van der Waals surface area contributed by atoms with E-state index in [1.54, 1.807) is 12.1 Å². The SMILES string of the molecule is C[C@@H](OC(=O)c1cccc(-n2cnnn2)c1)C(=O)Nc1cccc(C(F)(F)F)c1. The number of aromatic nitrogens is 4. The topological polar surface area (TPSA) is 99.0 Å². The van der Waals surface area contributed by atoms with Gasteiger partial charge in [0.05, 0.1) is 16.8 Å². The molecule has 29 heavy (non-hydrogen) atoms. The van der Waals surface area contributed by atoms with Gasteiger partial charge in [0.1, 0.15) is 6.33 Å². The number of nitrogens with one attached hydrogen (secondary N) is 1. The van der Waals surface area contributed by atoms with Gasteiger partial charge < -0.3 is 10.1 Å². The van der Waals surface area contributed by atoms with Crippen LogP contribution in [0.5, 0.6) is 0 Å². The summed E-state index contributed by atoms with van der Waals surface area (Å²) < 4.78 is 44.7. The van der Waals surface area contributed by atoms with E-state index >= 15 is 0 Å². The Morgan fingerprint density at radius 3 is 2.59 bits per heavy atom. The van der Waals surface area contributed by atoms with E-state index in [2.05, 4.69) is 20.8 Å². The quantitative estimate of drug-likeness (QED) is 0.656. The van der Waals surface area contributed by atoms with Gasteiger partial charge in [-0.2, -0.15) is 13.2 Å². The zero-order valence-electron chi connectivity index (χ0n) is 14.9. The van der Waals surface area contributed by atoms with E-state index in [1.807, 2.05) is 0 Å². The minimum Gasteiger partial charge on any atom is -0.449 e. The number of tetrazole rings is 1. The highest BCUT2D eigenvalue weighted by atomic mass is 19.4. The molecule has 3 rings (SSSR count). The van der Waals surface area contributed by atoms with Gasteiger partial charge in [-0.25, -0.2) is 9.48 Å². The Morgan fingerprint density at radius 1 is 1.14 bits per heavy atom. The van der Waals surface area contributed by atoms with E-state index < -0.39 is 29.7 Å². The summed E-state index contributed by atoms with van der Waals surface area (Å²) in [5.41, 5.74) is -0.310. The van der Waals surface area contributed by atoms with Crippen molar-refractivity contribution >= 4 is 17.6 Å². The summed E-state index contributed by atoms with van der Waals surface area (Å²) in [5.74, 6) is -1.55. The summed E-state index contributed by atoms with van der Waals surface area (Å²) in [5, 5.41) is 13.0. The monoisotopic (exact) mass is 405 g/mol. The molecule has 0 unspecified atom stereocenters. The lowest BCUT2D eigenvalue weighted by atomic mass is 10.2. The van der Waals surface area contributed by atoms with Gasteiger partial charge in [-0.15, -0.1) is 5.10 Å². The van der Waals surface area contributed by atoms with Gasteiger partial charge in [0.15, 0.2) is 6.10 Å². The van der Waals surface area contributed by atoms with Crippen LogP contribution in [0.2, 0.25) is 0 Å². The Hall–Kier alpha value is -3.76. The van der Waals surface area contributed by atoms with Crippen LogP contribution in [-0.4, -0.2) is 38.2 Å². The Labute approximate surface area is 162 Å². The molecule has 0 bridgehead atoms. The van der Waals surface area contributed by atoms with Gasteiger partial charge in [0, 0.05) is 5.69 Å². The van der Waals surface area contributed by atoms with Gasteiger partial charge in [0.25, 0.3) is 5.91 Å². The van der Waals surface area contributed by atoms with Crippen LogP contribution < -0.4 is 5.32 Å². The first-order valence-electron chi connectivity index (χ1n) is 8.26. The Bertz CT molecular complexity index is 1020. The number of amides is 1. The fraction of sp³-hybridized carbons (Fsp3) is 0.167. The van der Waals surface area contributed by atoms with Crippen molar-refractivity contribution in [2.24, 2.45) is 0 Å². The van der Waals surface area contributed by atoms with Crippen LogP contribution in [0.15, 0.2) is 54.9 Å². The second-order valence-corrected chi connectivity index (χ2v) is 5.92. The Morgan fingerprint density at radius 2 is 1.90 bits per heavy atom. The average molecular weight is 405 g/mol. The number of anilines is 1. The number of nitrogens with zero attached hydrogens (tertiary/aromatic N) is 4. The number of alkyl halides is 3. The van der Waals surface area contributed by atoms with Crippen LogP contribution in [0.4, 0.5) is 18.9 Å². The molecule has 8 nitrogen and oxygen atoms in total. The number of carbonyl (C=O) groups is 2. The molecule has 3 aromatic rings. The second-order valence-electron chi connectivity index (χ2n) is 5.92. The van der Waals surface area contributed by atoms with E-state index in [1.165, 1.54) is 42.2 Å². The molecule has 0 spiro atoms. The van der Waals surface area contributed by atoms with Crippen LogP contribution >= 0.6 is 0 Å². The van der Waals surface area contributed by atoms with Crippen molar-refractivity contribution in [3.8, 4) is 5.69 Å². The van der Waals surface area contributed by atoms with Crippen LogP contribution in [0, 0.1) is 0 Å². The van der Waals surface area contributed by atoms with Crippen LogP contribution in [0.1, 0.15) is 22.8 Å². The minimum absolute atomic E-state index is 0.0617. The minimum atomic E-state index is -4.54. The molecule has 2 aromatic carbocycles. The third-order valence-corrected chi connectivity index (χ3v) is 3.81. The standard InChI is InChI=1S/C18H14F3N5O3/c1-11(16(27)23-14-6-3-5-13(9-14)18(19,20)21)29-17(28)12-4-2-7-15(8-12)26-10-22-24-25-26/h2-11H,1H3,(H,23,27)/t11-/m1/s1. The Balaban J connectivity index is 1.65. The van der Waals surface area contributed by atoms with Crippen molar-refractivity contribution in [2.45, 2.75) is 19.2 Å². The molecule has 0 radical (unpaired) electrons. The molecule has 0 fully saturated rings. The van der Waals surface area contributed by atoms with E-state index in [4.69, 9.17) is 4.74 Å². The normalized spacial score (nSPS) is 12.3. The number of carbonyl (C=O) groups excluding carboxylic acids is 2. The molecule has 11 heteroatoms. The molecule has 0 saturated carbocycles. The van der Waals surface area contributed by atoms with Crippen LogP contribution in [-0.2, 0) is 15.7 Å². The van der Waals surface area contributed by atoms with Crippen molar-refractivity contribution in [2.75, 3.05) is 5.32 Å². The van der Waals surface area contributed by atoms with Crippen molar-refractivity contribution in [1.82, 2.24) is 20.2 Å². The Kier molecular flexibility index (Phi) is 5.57. The predicted octanol–water partition coefficient (Wildman–Crippen LogP) is 2.87. The number of benzene rings is 2. The zero-order chi connectivity index (χ0) is 21.0. The molecule has 1 amide bonds. The van der Waals surface area contributed by atoms with Crippen LogP contribution in [0.25, 0.3) is 5.69 Å². The van der Waals surface area contributed by atoms with Gasteiger partial charge in [-0.1, -0.05) is 12.1 Å². The molecule has 1 aromatic heterocycles. The molecular weight excluding hydrogens is 391 g/mol. The second kappa shape index (κ2) is 8.09. The van der Waals surface area contributed by atoms with Gasteiger partial charge in [-0.05, 0) is 53.7 Å². The summed E-state index contributed by atoms with van der Waals surface area (Å²) in [4.78, 5) is 24.5. The van der Waals surface area contributed by atoms with E-state index in [0.29, 0.717) is 5.69 Å². The fourth-order valence-electron chi connectivity index (χ4n) is 2.35. The van der Waals surface area contributed by atoms with Gasteiger partial charge >= 0.3 is 12.1 Å². The highest BCUT2D eigenvalue weighted by Crippen LogP contribution is 2.30. The lowest BCUT2D eigenvalue weighted by molar-refractivity contribution is -0.137. The summed E-state index contributed by atoms with van der Waals surface area (Å²) in [7, 11) is 0. The average Bonchev–Trinajstić information content (AvgIpc) is 3.22. The molecule has 150 valence electrons. The lowest BCUT2D eigenvalue weighted by Crippen LogP contribution is -2.30. The molecule has 0 aliphatic carbocycles. The first-order valence-corrected chi connectivity index (χ1v) is 8.26. The summed E-state index contributed by atoms with van der Waals surface area (Å²) in [6.45, 7) is 1.31. The third kappa shape index (κ3) is 4.94. The molecule has 1 heterocycles. The number of hydrogen-bond donors (Lipinski definition) is 1. The smallest absolute Gasteiger partial charge is 0.416 e. The third-order valence-electron chi connectivity index (χ3n) is 3.81. The number of hydrogen-bond acceptors (Lipinski definition) is 6. The molecule has 1 atom stereocenters. The first-order chi connectivity index (χ1) is 13.7. The number of ether oxygens (including phenoxy) is 1. The highest BCUT2D eigenvalue weighted by molar-refractivity contribution is 5.97. The molecular formula is C18H14F3N5O3. The van der Waals surface area contributed by atoms with Crippen molar-refractivity contribution in [1.29, 1.82) is 0 Å². The van der Waals surface area contributed by atoms with E-state index in [0.717, 1.165) is 12.1 Å². The van der Waals surface area contributed by atoms with E-state index in [-0.39, 0.29) is 11.3 Å². The van der Waals surface area contributed by atoms with Crippen LogP contribution in [0.3, 0.4) is 0 Å². The summed E-state index contributed by atoms with van der Waals surface area (Å²) in [6.07, 6.45) is -4.44. The maximum absolute atomic E-state index is 12.8. The maximum Gasteiger partial charge on any atom is 0.416 e. The van der Waals surface area contributed by atoms with Gasteiger partial charge in [-0.3, -0.25) is 4.79 Å². The number of rotatable bonds is 5. The molecule has 0 saturated heterocycles. The lowest BCUT2D eigenvalue weighted by Gasteiger charge is -2.15. The zero-order valence-corrected chi connectivity index (χ0v) is 14.9. The summed E-state index contributed by atoms with van der Waals surface area (Å²) in [6, 6.07) is 10.3. The maximum atomic E-state index is 12.8. The largest absolute Gasteiger partial charge is 0.449 e. The fourth-order valence-corrected chi connectivity index (χ4v) is 2.35.